The molecule has 1 aromatic carbocycles. The summed E-state index contributed by atoms with van der Waals surface area (Å²) in [6, 6.07) is 9.03. The van der Waals surface area contributed by atoms with Gasteiger partial charge in [-0.2, -0.15) is 0 Å². The third kappa shape index (κ3) is 1.68. The Kier molecular flexibility index (Phi) is 2.41. The smallest absolute Gasteiger partial charge is 0.145 e. The van der Waals surface area contributed by atoms with Crippen LogP contribution in [-0.2, 0) is 0 Å². The van der Waals surface area contributed by atoms with E-state index in [1.54, 1.807) is 31.8 Å². The van der Waals surface area contributed by atoms with Crippen LogP contribution >= 0.6 is 0 Å². The van der Waals surface area contributed by atoms with Crippen molar-refractivity contribution < 1.29 is 9.84 Å². The minimum Gasteiger partial charge on any atom is -0.508 e. The Morgan fingerprint density at radius 1 is 1.17 bits per heavy atom. The van der Waals surface area contributed by atoms with Gasteiger partial charge in [0.05, 0.1) is 19.6 Å². The van der Waals surface area contributed by atoms with Crippen LogP contribution < -0.4 is 4.74 Å². The molecule has 0 atom stereocenters. The molecular weight excluding hydrogens is 228 g/mol. The van der Waals surface area contributed by atoms with E-state index < -0.39 is 0 Å². The average molecular weight is 240 g/mol. The highest BCUT2D eigenvalue weighted by Crippen LogP contribution is 2.28. The summed E-state index contributed by atoms with van der Waals surface area (Å²) in [5.41, 5.74) is 2.96. The van der Waals surface area contributed by atoms with Crippen molar-refractivity contribution in [2.75, 3.05) is 7.11 Å². The number of nitrogens with zero attached hydrogens (tertiary/aromatic N) is 2. The van der Waals surface area contributed by atoms with Crippen LogP contribution in [-0.4, -0.2) is 21.6 Å². The molecule has 90 valence electrons. The van der Waals surface area contributed by atoms with E-state index in [2.05, 4.69) is 4.98 Å². The van der Waals surface area contributed by atoms with Gasteiger partial charge in [0, 0.05) is 11.8 Å². The van der Waals surface area contributed by atoms with E-state index in [-0.39, 0.29) is 5.75 Å². The van der Waals surface area contributed by atoms with Gasteiger partial charge in [-0.05, 0) is 23.8 Å². The highest BCUT2D eigenvalue weighted by Gasteiger charge is 2.06. The molecule has 0 bridgehead atoms. The number of fused-ring (bicyclic) bond motifs is 1. The molecular formula is C14H12N2O2. The van der Waals surface area contributed by atoms with E-state index >= 15 is 0 Å². The zero-order chi connectivity index (χ0) is 12.5. The summed E-state index contributed by atoms with van der Waals surface area (Å²) >= 11 is 0. The van der Waals surface area contributed by atoms with Crippen molar-refractivity contribution in [3.8, 4) is 22.6 Å². The lowest BCUT2D eigenvalue weighted by atomic mass is 10.1. The van der Waals surface area contributed by atoms with Crippen LogP contribution in [0.25, 0.3) is 16.6 Å². The van der Waals surface area contributed by atoms with Gasteiger partial charge < -0.3 is 14.2 Å². The Morgan fingerprint density at radius 3 is 2.67 bits per heavy atom. The molecule has 18 heavy (non-hydrogen) atoms. The second-order valence-electron chi connectivity index (χ2n) is 4.03. The van der Waals surface area contributed by atoms with Crippen molar-refractivity contribution in [3.63, 3.8) is 0 Å². The first-order valence-electron chi connectivity index (χ1n) is 5.57. The molecule has 2 heterocycles. The van der Waals surface area contributed by atoms with Crippen molar-refractivity contribution in [3.05, 3.63) is 49.1 Å². The molecule has 3 rings (SSSR count). The lowest BCUT2D eigenvalue weighted by Crippen LogP contribution is -1.91. The first-order valence-corrected chi connectivity index (χ1v) is 5.57. The van der Waals surface area contributed by atoms with Crippen molar-refractivity contribution in [1.29, 1.82) is 0 Å². The van der Waals surface area contributed by atoms with E-state index in [0.717, 1.165) is 22.4 Å². The van der Waals surface area contributed by atoms with Crippen LogP contribution in [0.3, 0.4) is 0 Å². The van der Waals surface area contributed by atoms with Gasteiger partial charge in [-0.3, -0.25) is 0 Å². The highest BCUT2D eigenvalue weighted by atomic mass is 16.5. The van der Waals surface area contributed by atoms with Crippen LogP contribution in [0, 0.1) is 0 Å². The zero-order valence-corrected chi connectivity index (χ0v) is 9.87. The first-order chi connectivity index (χ1) is 8.78. The predicted molar refractivity (Wildman–Crippen MR) is 68.8 cm³/mol. The normalized spacial score (nSPS) is 10.7. The van der Waals surface area contributed by atoms with E-state index in [4.69, 9.17) is 4.74 Å². The number of methoxy groups -OCH3 is 1. The molecule has 0 amide bonds. The maximum absolute atomic E-state index is 9.30. The van der Waals surface area contributed by atoms with Gasteiger partial charge in [-0.25, -0.2) is 4.98 Å². The maximum Gasteiger partial charge on any atom is 0.145 e. The molecule has 1 N–H and O–H groups in total. The number of aromatic nitrogens is 2. The van der Waals surface area contributed by atoms with Gasteiger partial charge in [0.15, 0.2) is 0 Å². The van der Waals surface area contributed by atoms with Crippen LogP contribution in [0.2, 0.25) is 0 Å². The quantitative estimate of drug-likeness (QED) is 0.749. The summed E-state index contributed by atoms with van der Waals surface area (Å²) in [5, 5.41) is 9.30. The molecule has 2 aromatic heterocycles. The number of hydrogen-bond donors (Lipinski definition) is 1. The van der Waals surface area contributed by atoms with Gasteiger partial charge in [0.25, 0.3) is 0 Å². The van der Waals surface area contributed by atoms with Crippen molar-refractivity contribution in [2.24, 2.45) is 0 Å². The van der Waals surface area contributed by atoms with Crippen molar-refractivity contribution in [2.45, 2.75) is 0 Å². The molecule has 0 aliphatic rings. The second kappa shape index (κ2) is 4.07. The van der Waals surface area contributed by atoms with Gasteiger partial charge in [-0.1, -0.05) is 12.1 Å². The van der Waals surface area contributed by atoms with Crippen LogP contribution in [0.15, 0.2) is 49.1 Å². The van der Waals surface area contributed by atoms with E-state index in [0.29, 0.717) is 0 Å². The number of pyridine rings is 1. The summed E-state index contributed by atoms with van der Waals surface area (Å²) in [6.07, 6.45) is 5.48. The van der Waals surface area contributed by atoms with Gasteiger partial charge in [0.2, 0.25) is 0 Å². The number of imidazole rings is 1. The second-order valence-corrected chi connectivity index (χ2v) is 4.03. The summed E-state index contributed by atoms with van der Waals surface area (Å²) in [7, 11) is 1.64. The third-order valence-corrected chi connectivity index (χ3v) is 2.90. The lowest BCUT2D eigenvalue weighted by molar-refractivity contribution is 0.418. The summed E-state index contributed by atoms with van der Waals surface area (Å²) in [6.45, 7) is 0. The third-order valence-electron chi connectivity index (χ3n) is 2.90. The van der Waals surface area contributed by atoms with E-state index in [9.17, 15) is 5.11 Å². The largest absolute Gasteiger partial charge is 0.508 e. The van der Waals surface area contributed by atoms with Crippen molar-refractivity contribution >= 4 is 5.52 Å². The van der Waals surface area contributed by atoms with Crippen molar-refractivity contribution in [1.82, 2.24) is 9.38 Å². The summed E-state index contributed by atoms with van der Waals surface area (Å²) in [4.78, 5) is 4.10. The first kappa shape index (κ1) is 10.7. The Morgan fingerprint density at radius 2 is 1.94 bits per heavy atom. The predicted octanol–water partition coefficient (Wildman–Crippen LogP) is 2.72. The number of rotatable bonds is 2. The molecule has 3 aromatic rings. The topological polar surface area (TPSA) is 46.8 Å². The number of phenols is 1. The standard InChI is InChI=1S/C14H12N2O2/c1-18-14-6-11(8-16-9-15-7-13(14)16)10-2-4-12(17)5-3-10/h2-9,17H,1H3. The summed E-state index contributed by atoms with van der Waals surface area (Å²) < 4.78 is 7.28. The zero-order valence-electron chi connectivity index (χ0n) is 9.87. The molecule has 0 aliphatic heterocycles. The van der Waals surface area contributed by atoms with Gasteiger partial charge in [0.1, 0.15) is 17.0 Å². The fourth-order valence-electron chi connectivity index (χ4n) is 1.98. The van der Waals surface area contributed by atoms with E-state index in [1.807, 2.05) is 28.8 Å². The minimum absolute atomic E-state index is 0.259. The van der Waals surface area contributed by atoms with Crippen LogP contribution in [0.1, 0.15) is 0 Å². The van der Waals surface area contributed by atoms with E-state index in [1.165, 1.54) is 0 Å². The number of ether oxygens (including phenoxy) is 1. The Hall–Kier alpha value is -2.49. The number of benzene rings is 1. The van der Waals surface area contributed by atoms with Crippen LogP contribution in [0.4, 0.5) is 0 Å². The lowest BCUT2D eigenvalue weighted by Gasteiger charge is -2.08. The molecule has 0 unspecified atom stereocenters. The number of aromatic hydroxyl groups is 1. The summed E-state index contributed by atoms with van der Waals surface area (Å²) in [5.74, 6) is 1.03. The molecule has 4 nitrogen and oxygen atoms in total. The SMILES string of the molecule is COc1cc(-c2ccc(O)cc2)cn2cncc12. The molecule has 0 fully saturated rings. The average Bonchev–Trinajstić information content (AvgIpc) is 2.86. The minimum atomic E-state index is 0.259. The molecule has 4 heteroatoms. The molecule has 0 spiro atoms. The Labute approximate surface area is 104 Å². The molecule has 0 aliphatic carbocycles. The molecule has 0 saturated carbocycles. The molecule has 0 saturated heterocycles. The number of hydrogen-bond acceptors (Lipinski definition) is 3. The highest BCUT2D eigenvalue weighted by molar-refractivity contribution is 5.71. The Bertz CT molecular complexity index is 687. The molecule has 0 radical (unpaired) electrons. The van der Waals surface area contributed by atoms with Gasteiger partial charge in [-0.15, -0.1) is 0 Å². The maximum atomic E-state index is 9.30. The number of phenolic OH excluding ortho intramolecular Hbond substituents is 1. The fourth-order valence-corrected chi connectivity index (χ4v) is 1.98. The Balaban J connectivity index is 2.19. The van der Waals surface area contributed by atoms with Gasteiger partial charge >= 0.3 is 0 Å². The monoisotopic (exact) mass is 240 g/mol. The fraction of sp³-hybridized carbons (Fsp3) is 0.0714. The van der Waals surface area contributed by atoms with Crippen LogP contribution in [0.5, 0.6) is 11.5 Å².